The lowest BCUT2D eigenvalue weighted by Gasteiger charge is -2.05. The van der Waals surface area contributed by atoms with E-state index >= 15 is 0 Å². The van der Waals surface area contributed by atoms with Crippen molar-refractivity contribution < 1.29 is 0 Å². The van der Waals surface area contributed by atoms with Crippen LogP contribution in [0.15, 0.2) is 43.5 Å². The van der Waals surface area contributed by atoms with Gasteiger partial charge in [-0.2, -0.15) is 0 Å². The van der Waals surface area contributed by atoms with E-state index in [1.54, 1.807) is 23.1 Å². The van der Waals surface area contributed by atoms with E-state index in [2.05, 4.69) is 49.4 Å². The standard InChI is InChI=1S/C11H9Br2NS2/c12-7-1-2-9(14)10(5-7)16-6-11-8(13)3-4-15-11/h1-5H,6,14H2. The molecule has 0 radical (unpaired) electrons. The third kappa shape index (κ3) is 3.03. The fourth-order valence-electron chi connectivity index (χ4n) is 1.20. The Morgan fingerprint density at radius 1 is 1.25 bits per heavy atom. The molecule has 1 heterocycles. The van der Waals surface area contributed by atoms with Gasteiger partial charge in [-0.3, -0.25) is 0 Å². The number of benzene rings is 1. The Balaban J connectivity index is 2.10. The normalized spacial score (nSPS) is 10.6. The van der Waals surface area contributed by atoms with Gasteiger partial charge in [-0.1, -0.05) is 15.9 Å². The number of thioether (sulfide) groups is 1. The van der Waals surface area contributed by atoms with Crippen molar-refractivity contribution in [2.45, 2.75) is 10.6 Å². The van der Waals surface area contributed by atoms with Gasteiger partial charge in [0.25, 0.3) is 0 Å². The van der Waals surface area contributed by atoms with Crippen LogP contribution in [0.25, 0.3) is 0 Å². The van der Waals surface area contributed by atoms with Crippen molar-refractivity contribution in [3.05, 3.63) is 43.5 Å². The van der Waals surface area contributed by atoms with Crippen molar-refractivity contribution in [3.8, 4) is 0 Å². The molecule has 0 aliphatic heterocycles. The molecule has 1 aromatic carbocycles. The van der Waals surface area contributed by atoms with E-state index in [9.17, 15) is 0 Å². The lowest BCUT2D eigenvalue weighted by Crippen LogP contribution is -1.88. The third-order valence-corrected chi connectivity index (χ3v) is 5.73. The van der Waals surface area contributed by atoms with Crippen molar-refractivity contribution in [1.29, 1.82) is 0 Å². The van der Waals surface area contributed by atoms with Gasteiger partial charge in [0, 0.05) is 30.2 Å². The molecule has 84 valence electrons. The molecule has 0 fully saturated rings. The van der Waals surface area contributed by atoms with Gasteiger partial charge >= 0.3 is 0 Å². The quantitative estimate of drug-likeness (QED) is 0.590. The number of hydrogen-bond acceptors (Lipinski definition) is 3. The maximum absolute atomic E-state index is 5.92. The zero-order valence-electron chi connectivity index (χ0n) is 8.24. The van der Waals surface area contributed by atoms with Gasteiger partial charge in [0.15, 0.2) is 0 Å². The van der Waals surface area contributed by atoms with Gasteiger partial charge < -0.3 is 5.73 Å². The van der Waals surface area contributed by atoms with Crippen molar-refractivity contribution in [2.75, 3.05) is 5.73 Å². The average Bonchev–Trinajstić information content (AvgIpc) is 2.66. The van der Waals surface area contributed by atoms with Gasteiger partial charge in [-0.05, 0) is 45.6 Å². The van der Waals surface area contributed by atoms with Gasteiger partial charge in [0.1, 0.15) is 0 Å². The molecule has 0 spiro atoms. The zero-order chi connectivity index (χ0) is 11.5. The molecule has 0 atom stereocenters. The van der Waals surface area contributed by atoms with Gasteiger partial charge in [-0.15, -0.1) is 23.1 Å². The predicted octanol–water partition coefficient (Wildman–Crippen LogP) is 5.15. The molecule has 16 heavy (non-hydrogen) atoms. The molecule has 1 nitrogen and oxygen atoms in total. The summed E-state index contributed by atoms with van der Waals surface area (Å²) in [4.78, 5) is 2.46. The van der Waals surface area contributed by atoms with Crippen LogP contribution >= 0.6 is 55.0 Å². The topological polar surface area (TPSA) is 26.0 Å². The first-order chi connectivity index (χ1) is 7.66. The molecule has 0 unspecified atom stereocenters. The van der Waals surface area contributed by atoms with Crippen LogP contribution < -0.4 is 5.73 Å². The van der Waals surface area contributed by atoms with Crippen LogP contribution in [0.4, 0.5) is 5.69 Å². The Bertz CT molecular complexity index is 496. The molecular formula is C11H9Br2NS2. The average molecular weight is 379 g/mol. The summed E-state index contributed by atoms with van der Waals surface area (Å²) in [5.74, 6) is 0.943. The molecule has 0 saturated heterocycles. The van der Waals surface area contributed by atoms with E-state index in [-0.39, 0.29) is 0 Å². The van der Waals surface area contributed by atoms with E-state index in [4.69, 9.17) is 5.73 Å². The zero-order valence-corrected chi connectivity index (χ0v) is 13.0. The fourth-order valence-corrected chi connectivity index (χ4v) is 4.52. The SMILES string of the molecule is Nc1ccc(Br)cc1SCc1sccc1Br. The molecule has 0 amide bonds. The van der Waals surface area contributed by atoms with Gasteiger partial charge in [0.05, 0.1) is 0 Å². The highest BCUT2D eigenvalue weighted by Gasteiger charge is 2.05. The molecule has 1 aromatic heterocycles. The number of anilines is 1. The minimum Gasteiger partial charge on any atom is -0.398 e. The second-order valence-corrected chi connectivity index (χ2v) is 6.95. The van der Waals surface area contributed by atoms with Gasteiger partial charge in [-0.25, -0.2) is 0 Å². The number of nitrogens with two attached hydrogens (primary N) is 1. The number of nitrogen functional groups attached to an aromatic ring is 1. The molecule has 2 aromatic rings. The van der Waals surface area contributed by atoms with Crippen molar-refractivity contribution in [1.82, 2.24) is 0 Å². The molecule has 5 heteroatoms. The summed E-state index contributed by atoms with van der Waals surface area (Å²) in [5, 5.41) is 2.09. The Hall–Kier alpha value is 0.0300. The van der Waals surface area contributed by atoms with Crippen molar-refractivity contribution >= 4 is 60.6 Å². The Labute approximate surface area is 120 Å². The molecule has 0 bridgehead atoms. The molecular weight excluding hydrogens is 370 g/mol. The summed E-state index contributed by atoms with van der Waals surface area (Å²) >= 11 is 10.5. The fraction of sp³-hybridized carbons (Fsp3) is 0.0909. The first-order valence-electron chi connectivity index (χ1n) is 4.56. The summed E-state index contributed by atoms with van der Waals surface area (Å²) in [6.07, 6.45) is 0. The summed E-state index contributed by atoms with van der Waals surface area (Å²) in [7, 11) is 0. The van der Waals surface area contributed by atoms with Crippen LogP contribution in [-0.4, -0.2) is 0 Å². The molecule has 0 aliphatic rings. The van der Waals surface area contributed by atoms with E-state index in [1.807, 2.05) is 12.1 Å². The van der Waals surface area contributed by atoms with Crippen LogP contribution in [0, 0.1) is 0 Å². The Kier molecular flexibility index (Phi) is 4.35. The Morgan fingerprint density at radius 3 is 2.75 bits per heavy atom. The third-order valence-electron chi connectivity index (χ3n) is 2.03. The van der Waals surface area contributed by atoms with Crippen molar-refractivity contribution in [3.63, 3.8) is 0 Å². The van der Waals surface area contributed by atoms with E-state index in [0.717, 1.165) is 20.8 Å². The number of hydrogen-bond donors (Lipinski definition) is 1. The smallest absolute Gasteiger partial charge is 0.0453 e. The first kappa shape index (κ1) is 12.5. The maximum Gasteiger partial charge on any atom is 0.0453 e. The number of halogens is 2. The molecule has 0 saturated carbocycles. The van der Waals surface area contributed by atoms with E-state index in [0.29, 0.717) is 0 Å². The molecule has 2 rings (SSSR count). The lowest BCUT2D eigenvalue weighted by molar-refractivity contribution is 1.41. The summed E-state index contributed by atoms with van der Waals surface area (Å²) in [6, 6.07) is 8.02. The highest BCUT2D eigenvalue weighted by molar-refractivity contribution is 9.10. The molecule has 0 aliphatic carbocycles. The van der Waals surface area contributed by atoms with Gasteiger partial charge in [0.2, 0.25) is 0 Å². The number of rotatable bonds is 3. The van der Waals surface area contributed by atoms with Crippen LogP contribution in [0.5, 0.6) is 0 Å². The van der Waals surface area contributed by atoms with Crippen LogP contribution in [0.3, 0.4) is 0 Å². The second kappa shape index (κ2) is 5.58. The van der Waals surface area contributed by atoms with Crippen LogP contribution in [-0.2, 0) is 5.75 Å². The lowest BCUT2D eigenvalue weighted by atomic mass is 10.3. The van der Waals surface area contributed by atoms with Crippen molar-refractivity contribution in [2.24, 2.45) is 0 Å². The van der Waals surface area contributed by atoms with Crippen LogP contribution in [0.2, 0.25) is 0 Å². The monoisotopic (exact) mass is 377 g/mol. The minimum atomic E-state index is 0.834. The minimum absolute atomic E-state index is 0.834. The molecule has 2 N–H and O–H groups in total. The highest BCUT2D eigenvalue weighted by Crippen LogP contribution is 2.34. The maximum atomic E-state index is 5.92. The predicted molar refractivity (Wildman–Crippen MR) is 80.1 cm³/mol. The largest absolute Gasteiger partial charge is 0.398 e. The second-order valence-electron chi connectivity index (χ2n) is 3.16. The number of thiophene rings is 1. The van der Waals surface area contributed by atoms with E-state index in [1.165, 1.54) is 9.35 Å². The first-order valence-corrected chi connectivity index (χ1v) is 8.01. The summed E-state index contributed by atoms with van der Waals surface area (Å²) in [5.41, 5.74) is 6.75. The van der Waals surface area contributed by atoms with E-state index < -0.39 is 0 Å². The summed E-state index contributed by atoms with van der Waals surface area (Å²) < 4.78 is 2.24. The Morgan fingerprint density at radius 2 is 2.06 bits per heavy atom. The summed E-state index contributed by atoms with van der Waals surface area (Å²) in [6.45, 7) is 0. The highest BCUT2D eigenvalue weighted by atomic mass is 79.9. The van der Waals surface area contributed by atoms with Crippen LogP contribution in [0.1, 0.15) is 4.88 Å².